The normalized spacial score (nSPS) is 20.8. The van der Waals surface area contributed by atoms with Gasteiger partial charge in [0.05, 0.1) is 24.9 Å². The number of ether oxygens (including phenoxy) is 1. The summed E-state index contributed by atoms with van der Waals surface area (Å²) in [6.07, 6.45) is 5.85. The van der Waals surface area contributed by atoms with Gasteiger partial charge in [-0.05, 0) is 31.0 Å². The zero-order valence-electron chi connectivity index (χ0n) is 13.6. The molecule has 2 heterocycles. The SMILES string of the molecule is C[C@H]1CO[C@@H](c2cccc(Cl)c2)CN1C(=O)CCc1cnccn1. The van der Waals surface area contributed by atoms with E-state index in [1.165, 1.54) is 0 Å². The summed E-state index contributed by atoms with van der Waals surface area (Å²) in [7, 11) is 0. The molecule has 3 rings (SSSR count). The van der Waals surface area contributed by atoms with Gasteiger partial charge in [0.2, 0.25) is 5.91 Å². The molecule has 0 aliphatic carbocycles. The fourth-order valence-electron chi connectivity index (χ4n) is 2.85. The van der Waals surface area contributed by atoms with Crippen molar-refractivity contribution < 1.29 is 9.53 Å². The van der Waals surface area contributed by atoms with Crippen molar-refractivity contribution in [1.82, 2.24) is 14.9 Å². The molecule has 0 saturated carbocycles. The topological polar surface area (TPSA) is 55.3 Å². The highest BCUT2D eigenvalue weighted by Gasteiger charge is 2.30. The van der Waals surface area contributed by atoms with Crippen LogP contribution in [0.3, 0.4) is 0 Å². The Hall–Kier alpha value is -1.98. The number of aromatic nitrogens is 2. The lowest BCUT2D eigenvalue weighted by Crippen LogP contribution is -2.48. The van der Waals surface area contributed by atoms with E-state index in [1.807, 2.05) is 36.1 Å². The fourth-order valence-corrected chi connectivity index (χ4v) is 3.05. The Morgan fingerprint density at radius 1 is 1.42 bits per heavy atom. The highest BCUT2D eigenvalue weighted by molar-refractivity contribution is 6.30. The lowest BCUT2D eigenvalue weighted by atomic mass is 10.1. The zero-order chi connectivity index (χ0) is 16.9. The molecule has 6 heteroatoms. The number of aryl methyl sites for hydroxylation is 1. The molecule has 1 fully saturated rings. The lowest BCUT2D eigenvalue weighted by molar-refractivity contribution is -0.144. The van der Waals surface area contributed by atoms with Crippen molar-refractivity contribution in [2.24, 2.45) is 0 Å². The van der Waals surface area contributed by atoms with Crippen LogP contribution < -0.4 is 0 Å². The first-order valence-corrected chi connectivity index (χ1v) is 8.42. The first-order valence-electron chi connectivity index (χ1n) is 8.05. The summed E-state index contributed by atoms with van der Waals surface area (Å²) in [5.41, 5.74) is 1.83. The molecule has 2 atom stereocenters. The Bertz CT molecular complexity index is 696. The van der Waals surface area contributed by atoms with Gasteiger partial charge in [0.25, 0.3) is 0 Å². The maximum Gasteiger partial charge on any atom is 0.223 e. The second kappa shape index (κ2) is 7.73. The van der Waals surface area contributed by atoms with Crippen LogP contribution in [-0.2, 0) is 16.0 Å². The zero-order valence-corrected chi connectivity index (χ0v) is 14.3. The van der Waals surface area contributed by atoms with Gasteiger partial charge in [0.15, 0.2) is 0 Å². The van der Waals surface area contributed by atoms with Crippen molar-refractivity contribution in [1.29, 1.82) is 0 Å². The number of halogens is 1. The molecule has 1 aromatic heterocycles. The number of benzene rings is 1. The van der Waals surface area contributed by atoms with E-state index in [4.69, 9.17) is 16.3 Å². The molecular formula is C18H20ClN3O2. The third kappa shape index (κ3) is 4.10. The predicted molar refractivity (Wildman–Crippen MR) is 91.7 cm³/mol. The van der Waals surface area contributed by atoms with E-state index in [0.29, 0.717) is 31.0 Å². The summed E-state index contributed by atoms with van der Waals surface area (Å²) < 4.78 is 5.90. The Kier molecular flexibility index (Phi) is 5.43. The molecular weight excluding hydrogens is 326 g/mol. The average Bonchev–Trinajstić information content (AvgIpc) is 2.61. The summed E-state index contributed by atoms with van der Waals surface area (Å²) in [6, 6.07) is 7.67. The number of nitrogens with zero attached hydrogens (tertiary/aromatic N) is 3. The molecule has 0 unspecified atom stereocenters. The number of amides is 1. The number of morpholine rings is 1. The van der Waals surface area contributed by atoms with Gasteiger partial charge in [-0.2, -0.15) is 0 Å². The van der Waals surface area contributed by atoms with Crippen LogP contribution in [0.2, 0.25) is 5.02 Å². The first-order chi connectivity index (χ1) is 11.6. The standard InChI is InChI=1S/C18H20ClN3O2/c1-13-12-24-17(14-3-2-4-15(19)9-14)11-22(13)18(23)6-5-16-10-20-7-8-21-16/h2-4,7-10,13,17H,5-6,11-12H2,1H3/t13-,17+/m0/s1. The fraction of sp³-hybridized carbons (Fsp3) is 0.389. The number of rotatable bonds is 4. The number of carbonyl (C=O) groups excluding carboxylic acids is 1. The van der Waals surface area contributed by atoms with E-state index in [0.717, 1.165) is 11.3 Å². The van der Waals surface area contributed by atoms with E-state index in [2.05, 4.69) is 9.97 Å². The minimum atomic E-state index is -0.139. The van der Waals surface area contributed by atoms with Crippen LogP contribution in [0.4, 0.5) is 0 Å². The highest BCUT2D eigenvalue weighted by Crippen LogP contribution is 2.27. The van der Waals surface area contributed by atoms with Gasteiger partial charge < -0.3 is 9.64 Å². The van der Waals surface area contributed by atoms with E-state index < -0.39 is 0 Å². The predicted octanol–water partition coefficient (Wildman–Crippen LogP) is 3.05. The van der Waals surface area contributed by atoms with Crippen LogP contribution in [0.5, 0.6) is 0 Å². The van der Waals surface area contributed by atoms with Gasteiger partial charge >= 0.3 is 0 Å². The quantitative estimate of drug-likeness (QED) is 0.854. The maximum atomic E-state index is 12.6. The second-order valence-corrected chi connectivity index (χ2v) is 6.41. The van der Waals surface area contributed by atoms with E-state index in [9.17, 15) is 4.79 Å². The van der Waals surface area contributed by atoms with Crippen LogP contribution in [-0.4, -0.2) is 40.0 Å². The van der Waals surface area contributed by atoms with Gasteiger partial charge in [-0.25, -0.2) is 0 Å². The number of hydrogen-bond donors (Lipinski definition) is 0. The van der Waals surface area contributed by atoms with Gasteiger partial charge in [0.1, 0.15) is 6.10 Å². The molecule has 0 bridgehead atoms. The summed E-state index contributed by atoms with van der Waals surface area (Å²) in [5.74, 6) is 0.114. The van der Waals surface area contributed by atoms with Crippen molar-refractivity contribution >= 4 is 17.5 Å². The van der Waals surface area contributed by atoms with Crippen LogP contribution >= 0.6 is 11.6 Å². The molecule has 0 N–H and O–H groups in total. The van der Waals surface area contributed by atoms with Gasteiger partial charge in [0, 0.05) is 30.0 Å². The van der Waals surface area contributed by atoms with Gasteiger partial charge in [-0.3, -0.25) is 14.8 Å². The van der Waals surface area contributed by atoms with Crippen LogP contribution in [0.15, 0.2) is 42.9 Å². The molecule has 1 aliphatic rings. The molecule has 5 nitrogen and oxygen atoms in total. The van der Waals surface area contributed by atoms with E-state index in [1.54, 1.807) is 18.6 Å². The van der Waals surface area contributed by atoms with Crippen molar-refractivity contribution in [2.75, 3.05) is 13.2 Å². The first kappa shape index (κ1) is 16.9. The molecule has 0 spiro atoms. The third-order valence-corrected chi connectivity index (χ3v) is 4.42. The van der Waals surface area contributed by atoms with Crippen LogP contribution in [0, 0.1) is 0 Å². The van der Waals surface area contributed by atoms with Crippen molar-refractivity contribution in [3.8, 4) is 0 Å². The maximum absolute atomic E-state index is 12.6. The molecule has 1 saturated heterocycles. The van der Waals surface area contributed by atoms with Gasteiger partial charge in [-0.15, -0.1) is 0 Å². The highest BCUT2D eigenvalue weighted by atomic mass is 35.5. The lowest BCUT2D eigenvalue weighted by Gasteiger charge is -2.38. The van der Waals surface area contributed by atoms with Gasteiger partial charge in [-0.1, -0.05) is 23.7 Å². The summed E-state index contributed by atoms with van der Waals surface area (Å²) >= 11 is 6.06. The molecule has 1 aliphatic heterocycles. The molecule has 1 amide bonds. The van der Waals surface area contributed by atoms with E-state index >= 15 is 0 Å². The van der Waals surface area contributed by atoms with Crippen molar-refractivity contribution in [3.05, 3.63) is 59.1 Å². The third-order valence-electron chi connectivity index (χ3n) is 4.19. The molecule has 24 heavy (non-hydrogen) atoms. The molecule has 0 radical (unpaired) electrons. The number of hydrogen-bond acceptors (Lipinski definition) is 4. The largest absolute Gasteiger partial charge is 0.370 e. The van der Waals surface area contributed by atoms with Crippen LogP contribution in [0.1, 0.15) is 30.7 Å². The Labute approximate surface area is 146 Å². The van der Waals surface area contributed by atoms with E-state index in [-0.39, 0.29) is 18.1 Å². The summed E-state index contributed by atoms with van der Waals surface area (Å²) in [5, 5.41) is 0.676. The Morgan fingerprint density at radius 2 is 2.29 bits per heavy atom. The summed E-state index contributed by atoms with van der Waals surface area (Å²) in [4.78, 5) is 22.8. The second-order valence-electron chi connectivity index (χ2n) is 5.97. The molecule has 2 aromatic rings. The van der Waals surface area contributed by atoms with Crippen molar-refractivity contribution in [2.45, 2.75) is 31.9 Å². The average molecular weight is 346 g/mol. The number of carbonyl (C=O) groups is 1. The Morgan fingerprint density at radius 3 is 3.04 bits per heavy atom. The summed E-state index contributed by atoms with van der Waals surface area (Å²) in [6.45, 7) is 3.07. The molecule has 1 aromatic carbocycles. The smallest absolute Gasteiger partial charge is 0.223 e. The Balaban J connectivity index is 1.64. The van der Waals surface area contributed by atoms with Crippen molar-refractivity contribution in [3.63, 3.8) is 0 Å². The molecule has 126 valence electrons. The monoisotopic (exact) mass is 345 g/mol. The van der Waals surface area contributed by atoms with Crippen LogP contribution in [0.25, 0.3) is 0 Å². The minimum Gasteiger partial charge on any atom is -0.370 e. The minimum absolute atomic E-state index is 0.0646.